The van der Waals surface area contributed by atoms with E-state index in [9.17, 15) is 0 Å². The Morgan fingerprint density at radius 1 is 0.217 bits per heavy atom. The smallest absolute Gasteiger partial charge is 0.0541 e. The van der Waals surface area contributed by atoms with Crippen molar-refractivity contribution in [2.75, 3.05) is 0 Å². The van der Waals surface area contributed by atoms with Crippen LogP contribution < -0.4 is 0 Å². The van der Waals surface area contributed by atoms with Gasteiger partial charge in [0.1, 0.15) is 0 Å². The first-order valence-electron chi connectivity index (χ1n) is 21.2. The van der Waals surface area contributed by atoms with Gasteiger partial charge in [-0.05, 0) is 119 Å². The summed E-state index contributed by atoms with van der Waals surface area (Å²) in [6.45, 7) is 0. The van der Waals surface area contributed by atoms with Crippen molar-refractivity contribution < 1.29 is 0 Å². The zero-order valence-electron chi connectivity index (χ0n) is 33.5. The standard InChI is InChI=1S/C58H44N2/c1-5-13-55-51(9-1)52-10-2-6-14-56(52)59(55)49-37-33-47(34-38-49)45-29-25-43(26-30-45)23-21-41-17-19-42(20-18-41)22-24-44-27-31-46(32-28-44)48-35-39-50(40-36-48)60-57-15-7-3-11-53(57)54-12-4-8-16-58(54)60/h1-20,25-40H,21-24H2. The minimum absolute atomic E-state index is 1.03. The van der Waals surface area contributed by atoms with Crippen LogP contribution in [-0.2, 0) is 25.7 Å². The third-order valence-corrected chi connectivity index (χ3v) is 12.4. The highest BCUT2D eigenvalue weighted by atomic mass is 15.0. The molecule has 0 bridgehead atoms. The van der Waals surface area contributed by atoms with E-state index in [0.717, 1.165) is 25.7 Å². The molecule has 0 amide bonds. The van der Waals surface area contributed by atoms with Crippen LogP contribution >= 0.6 is 0 Å². The van der Waals surface area contributed by atoms with Crippen molar-refractivity contribution >= 4 is 43.6 Å². The summed E-state index contributed by atoms with van der Waals surface area (Å²) < 4.78 is 4.74. The van der Waals surface area contributed by atoms with Gasteiger partial charge in [0.2, 0.25) is 0 Å². The van der Waals surface area contributed by atoms with Crippen molar-refractivity contribution in [3.05, 3.63) is 241 Å². The van der Waals surface area contributed by atoms with Gasteiger partial charge in [-0.3, -0.25) is 0 Å². The van der Waals surface area contributed by atoms with Crippen LogP contribution in [0.15, 0.2) is 218 Å². The van der Waals surface area contributed by atoms with Gasteiger partial charge in [0.05, 0.1) is 22.1 Å². The van der Waals surface area contributed by atoms with E-state index in [1.54, 1.807) is 0 Å². The largest absolute Gasteiger partial charge is 0.309 e. The fourth-order valence-electron chi connectivity index (χ4n) is 9.18. The molecular weight excluding hydrogens is 725 g/mol. The normalized spacial score (nSPS) is 11.6. The zero-order chi connectivity index (χ0) is 39.8. The van der Waals surface area contributed by atoms with Gasteiger partial charge < -0.3 is 9.13 Å². The summed E-state index contributed by atoms with van der Waals surface area (Å²) in [7, 11) is 0. The maximum atomic E-state index is 2.37. The molecule has 0 aliphatic rings. The summed E-state index contributed by atoms with van der Waals surface area (Å²) >= 11 is 0. The third-order valence-electron chi connectivity index (χ3n) is 12.4. The molecule has 2 aromatic heterocycles. The highest BCUT2D eigenvalue weighted by molar-refractivity contribution is 6.10. The first kappa shape index (κ1) is 35.7. The minimum atomic E-state index is 1.03. The fourth-order valence-corrected chi connectivity index (χ4v) is 9.18. The number of aromatic nitrogens is 2. The molecule has 0 fully saturated rings. The molecule has 0 atom stereocenters. The van der Waals surface area contributed by atoms with Gasteiger partial charge in [-0.1, -0.05) is 170 Å². The van der Waals surface area contributed by atoms with Gasteiger partial charge in [-0.2, -0.15) is 0 Å². The van der Waals surface area contributed by atoms with Crippen LogP contribution in [0.4, 0.5) is 0 Å². The average Bonchev–Trinajstić information content (AvgIpc) is 3.84. The van der Waals surface area contributed by atoms with E-state index in [4.69, 9.17) is 0 Å². The second kappa shape index (κ2) is 15.4. The number of benzene rings is 9. The monoisotopic (exact) mass is 768 g/mol. The summed E-state index contributed by atoms with van der Waals surface area (Å²) in [6, 6.07) is 80.2. The number of fused-ring (bicyclic) bond motifs is 6. The van der Waals surface area contributed by atoms with E-state index in [1.165, 1.54) is 99.5 Å². The number of hydrogen-bond donors (Lipinski definition) is 0. The minimum Gasteiger partial charge on any atom is -0.309 e. The fraction of sp³-hybridized carbons (Fsp3) is 0.0690. The summed E-state index contributed by atoms with van der Waals surface area (Å²) in [6.07, 6.45) is 4.13. The van der Waals surface area contributed by atoms with Crippen molar-refractivity contribution in [3.8, 4) is 33.6 Å². The Labute approximate surface area is 351 Å². The summed E-state index contributed by atoms with van der Waals surface area (Å²) in [5.41, 5.74) is 17.8. The van der Waals surface area contributed by atoms with Crippen molar-refractivity contribution in [2.24, 2.45) is 0 Å². The Bertz CT molecular complexity index is 2920. The molecule has 0 unspecified atom stereocenters. The average molecular weight is 769 g/mol. The van der Waals surface area contributed by atoms with Gasteiger partial charge in [-0.25, -0.2) is 0 Å². The molecule has 286 valence electrons. The molecule has 0 saturated carbocycles. The summed E-state index contributed by atoms with van der Waals surface area (Å²) in [4.78, 5) is 0. The predicted molar refractivity (Wildman–Crippen MR) is 254 cm³/mol. The quantitative estimate of drug-likeness (QED) is 0.131. The number of nitrogens with zero attached hydrogens (tertiary/aromatic N) is 2. The number of rotatable bonds is 10. The molecule has 0 saturated heterocycles. The van der Waals surface area contributed by atoms with Crippen LogP contribution in [0, 0.1) is 0 Å². The summed E-state index contributed by atoms with van der Waals surface area (Å²) in [5.74, 6) is 0. The second-order valence-electron chi connectivity index (χ2n) is 16.0. The molecule has 0 radical (unpaired) electrons. The molecule has 9 aromatic carbocycles. The molecular formula is C58H44N2. The maximum Gasteiger partial charge on any atom is 0.0541 e. The van der Waals surface area contributed by atoms with Gasteiger partial charge >= 0.3 is 0 Å². The molecule has 2 heterocycles. The van der Waals surface area contributed by atoms with Crippen molar-refractivity contribution in [3.63, 3.8) is 0 Å². The van der Waals surface area contributed by atoms with Crippen LogP contribution in [0.3, 0.4) is 0 Å². The van der Waals surface area contributed by atoms with Crippen LogP contribution in [-0.4, -0.2) is 9.13 Å². The van der Waals surface area contributed by atoms with Crippen LogP contribution in [0.1, 0.15) is 22.3 Å². The van der Waals surface area contributed by atoms with E-state index < -0.39 is 0 Å². The molecule has 11 aromatic rings. The van der Waals surface area contributed by atoms with Crippen LogP contribution in [0.5, 0.6) is 0 Å². The zero-order valence-corrected chi connectivity index (χ0v) is 33.5. The van der Waals surface area contributed by atoms with Gasteiger partial charge in [0.15, 0.2) is 0 Å². The van der Waals surface area contributed by atoms with E-state index in [1.807, 2.05) is 0 Å². The van der Waals surface area contributed by atoms with E-state index in [2.05, 4.69) is 228 Å². The second-order valence-corrected chi connectivity index (χ2v) is 16.0. The SMILES string of the molecule is c1ccc2c(c1)c1ccccc1n2-c1ccc(-c2ccc(CCc3ccc(CCc4ccc(-c5ccc(-n6c7ccccc7c7ccccc76)cc5)cc4)cc3)cc2)cc1. The predicted octanol–water partition coefficient (Wildman–Crippen LogP) is 14.8. The van der Waals surface area contributed by atoms with Crippen LogP contribution in [0.2, 0.25) is 0 Å². The van der Waals surface area contributed by atoms with Gasteiger partial charge in [-0.15, -0.1) is 0 Å². The Kier molecular flexibility index (Phi) is 9.17. The van der Waals surface area contributed by atoms with Gasteiger partial charge in [0.25, 0.3) is 0 Å². The molecule has 2 heteroatoms. The van der Waals surface area contributed by atoms with Gasteiger partial charge in [0, 0.05) is 32.9 Å². The molecule has 0 aliphatic carbocycles. The topological polar surface area (TPSA) is 9.86 Å². The number of para-hydroxylation sites is 4. The number of aryl methyl sites for hydroxylation is 4. The van der Waals surface area contributed by atoms with Crippen molar-refractivity contribution in [2.45, 2.75) is 25.7 Å². The highest BCUT2D eigenvalue weighted by Crippen LogP contribution is 2.34. The third kappa shape index (κ3) is 6.67. The lowest BCUT2D eigenvalue weighted by molar-refractivity contribution is 0.940. The summed E-state index contributed by atoms with van der Waals surface area (Å²) in [5, 5.41) is 5.15. The van der Waals surface area contributed by atoms with E-state index in [0.29, 0.717) is 0 Å². The Morgan fingerprint density at radius 2 is 0.433 bits per heavy atom. The Hall–Kier alpha value is -7.42. The molecule has 0 aliphatic heterocycles. The lowest BCUT2D eigenvalue weighted by atomic mass is 9.98. The molecule has 11 rings (SSSR count). The molecule has 60 heavy (non-hydrogen) atoms. The van der Waals surface area contributed by atoms with E-state index >= 15 is 0 Å². The molecule has 2 nitrogen and oxygen atoms in total. The first-order valence-corrected chi connectivity index (χ1v) is 21.2. The van der Waals surface area contributed by atoms with Crippen molar-refractivity contribution in [1.29, 1.82) is 0 Å². The Balaban J connectivity index is 0.692. The molecule has 0 N–H and O–H groups in total. The lowest BCUT2D eigenvalue weighted by Crippen LogP contribution is -1.95. The first-order chi connectivity index (χ1) is 29.7. The van der Waals surface area contributed by atoms with E-state index in [-0.39, 0.29) is 0 Å². The van der Waals surface area contributed by atoms with Crippen LogP contribution in [0.25, 0.3) is 77.2 Å². The van der Waals surface area contributed by atoms with Crippen molar-refractivity contribution in [1.82, 2.24) is 9.13 Å². The molecule has 0 spiro atoms. The lowest BCUT2D eigenvalue weighted by Gasteiger charge is -2.10. The Morgan fingerprint density at radius 3 is 0.700 bits per heavy atom. The highest BCUT2D eigenvalue weighted by Gasteiger charge is 2.13. The number of hydrogen-bond acceptors (Lipinski definition) is 0. The maximum absolute atomic E-state index is 2.37.